The van der Waals surface area contributed by atoms with Crippen molar-refractivity contribution >= 4 is 5.82 Å². The standard InChI is InChI=1S/C13H23N3O2/c1-9(2)8-17-5-6-18-12-7-11(14)15-13(16-12)10(3)4/h7,9-10H,5-6,8H2,1-4H3,(H2,14,15,16). The number of nitrogens with zero attached hydrogens (tertiary/aromatic N) is 2. The predicted molar refractivity (Wildman–Crippen MR) is 71.7 cm³/mol. The second-order valence-corrected chi connectivity index (χ2v) is 4.96. The summed E-state index contributed by atoms with van der Waals surface area (Å²) in [5, 5.41) is 0. The summed E-state index contributed by atoms with van der Waals surface area (Å²) >= 11 is 0. The quantitative estimate of drug-likeness (QED) is 0.754. The van der Waals surface area contributed by atoms with E-state index in [0.29, 0.717) is 36.7 Å². The number of nitrogens with two attached hydrogens (primary N) is 1. The number of nitrogen functional groups attached to an aromatic ring is 1. The van der Waals surface area contributed by atoms with Crippen molar-refractivity contribution in [3.8, 4) is 5.88 Å². The van der Waals surface area contributed by atoms with Gasteiger partial charge in [0.25, 0.3) is 0 Å². The van der Waals surface area contributed by atoms with Gasteiger partial charge in [-0.05, 0) is 5.92 Å². The number of aromatic nitrogens is 2. The highest BCUT2D eigenvalue weighted by molar-refractivity contribution is 5.33. The Balaban J connectivity index is 2.42. The first kappa shape index (κ1) is 14.7. The van der Waals surface area contributed by atoms with Crippen LogP contribution in [0.5, 0.6) is 5.88 Å². The molecule has 5 nitrogen and oxygen atoms in total. The molecule has 0 aromatic carbocycles. The average molecular weight is 253 g/mol. The molecular weight excluding hydrogens is 230 g/mol. The molecule has 0 amide bonds. The largest absolute Gasteiger partial charge is 0.475 e. The van der Waals surface area contributed by atoms with E-state index in [1.165, 1.54) is 0 Å². The van der Waals surface area contributed by atoms with Crippen molar-refractivity contribution in [3.63, 3.8) is 0 Å². The number of hydrogen-bond acceptors (Lipinski definition) is 5. The molecule has 0 unspecified atom stereocenters. The van der Waals surface area contributed by atoms with Crippen molar-refractivity contribution in [1.82, 2.24) is 9.97 Å². The van der Waals surface area contributed by atoms with Crippen LogP contribution in [0.2, 0.25) is 0 Å². The zero-order chi connectivity index (χ0) is 13.5. The molecule has 0 bridgehead atoms. The summed E-state index contributed by atoms with van der Waals surface area (Å²) in [4.78, 5) is 8.45. The minimum Gasteiger partial charge on any atom is -0.475 e. The Hall–Kier alpha value is -1.36. The molecule has 0 fully saturated rings. The molecule has 0 aliphatic carbocycles. The third-order valence-electron chi connectivity index (χ3n) is 2.18. The summed E-state index contributed by atoms with van der Waals surface area (Å²) < 4.78 is 10.9. The normalized spacial score (nSPS) is 11.2. The highest BCUT2D eigenvalue weighted by Gasteiger charge is 2.07. The van der Waals surface area contributed by atoms with Gasteiger partial charge < -0.3 is 15.2 Å². The van der Waals surface area contributed by atoms with Crippen LogP contribution in [0.1, 0.15) is 39.4 Å². The van der Waals surface area contributed by atoms with Crippen molar-refractivity contribution in [2.45, 2.75) is 33.6 Å². The van der Waals surface area contributed by atoms with Crippen LogP contribution < -0.4 is 10.5 Å². The van der Waals surface area contributed by atoms with Crippen LogP contribution in [0.15, 0.2) is 6.07 Å². The van der Waals surface area contributed by atoms with Crippen molar-refractivity contribution in [3.05, 3.63) is 11.9 Å². The van der Waals surface area contributed by atoms with Gasteiger partial charge in [-0.3, -0.25) is 0 Å². The Kier molecular flexibility index (Phi) is 5.85. The minimum atomic E-state index is 0.230. The van der Waals surface area contributed by atoms with Gasteiger partial charge in [0, 0.05) is 18.6 Å². The Bertz CT molecular complexity index is 367. The fourth-order valence-corrected chi connectivity index (χ4v) is 1.32. The molecule has 1 aromatic heterocycles. The fourth-order valence-electron chi connectivity index (χ4n) is 1.32. The SMILES string of the molecule is CC(C)COCCOc1cc(N)nc(C(C)C)n1. The topological polar surface area (TPSA) is 70.3 Å². The molecule has 5 heteroatoms. The second kappa shape index (κ2) is 7.16. The fraction of sp³-hybridized carbons (Fsp3) is 0.692. The molecule has 0 aliphatic heterocycles. The Labute approximate surface area is 109 Å². The van der Waals surface area contributed by atoms with Gasteiger partial charge in [-0.2, -0.15) is 4.98 Å². The van der Waals surface area contributed by atoms with E-state index < -0.39 is 0 Å². The number of ether oxygens (including phenoxy) is 2. The molecule has 0 saturated carbocycles. The molecule has 0 saturated heterocycles. The van der Waals surface area contributed by atoms with E-state index in [-0.39, 0.29) is 5.92 Å². The van der Waals surface area contributed by atoms with Gasteiger partial charge in [0.05, 0.1) is 6.61 Å². The lowest BCUT2D eigenvalue weighted by Crippen LogP contribution is -2.12. The number of hydrogen-bond donors (Lipinski definition) is 1. The lowest BCUT2D eigenvalue weighted by atomic mass is 10.2. The van der Waals surface area contributed by atoms with Gasteiger partial charge in [-0.15, -0.1) is 0 Å². The highest BCUT2D eigenvalue weighted by Crippen LogP contribution is 2.16. The summed E-state index contributed by atoms with van der Waals surface area (Å²) in [5.41, 5.74) is 5.70. The maximum Gasteiger partial charge on any atom is 0.218 e. The molecule has 102 valence electrons. The van der Waals surface area contributed by atoms with E-state index in [1.54, 1.807) is 6.07 Å². The Morgan fingerprint density at radius 1 is 1.17 bits per heavy atom. The van der Waals surface area contributed by atoms with Gasteiger partial charge in [0.1, 0.15) is 18.2 Å². The number of anilines is 1. The van der Waals surface area contributed by atoms with Gasteiger partial charge in [-0.25, -0.2) is 4.98 Å². The van der Waals surface area contributed by atoms with Gasteiger partial charge in [0.2, 0.25) is 5.88 Å². The van der Waals surface area contributed by atoms with Crippen LogP contribution in [-0.2, 0) is 4.74 Å². The molecule has 1 rings (SSSR count). The summed E-state index contributed by atoms with van der Waals surface area (Å²) in [5.74, 6) is 2.42. The van der Waals surface area contributed by atoms with Crippen LogP contribution in [-0.4, -0.2) is 29.8 Å². The third-order valence-corrected chi connectivity index (χ3v) is 2.18. The molecular formula is C13H23N3O2. The first-order valence-corrected chi connectivity index (χ1v) is 6.34. The zero-order valence-electron chi connectivity index (χ0n) is 11.6. The molecule has 0 aliphatic rings. The second-order valence-electron chi connectivity index (χ2n) is 4.96. The average Bonchev–Trinajstić information content (AvgIpc) is 2.27. The molecule has 1 aromatic rings. The molecule has 18 heavy (non-hydrogen) atoms. The molecule has 1 heterocycles. The first-order chi connectivity index (χ1) is 8.49. The summed E-state index contributed by atoms with van der Waals surface area (Å²) in [6.45, 7) is 10.0. The summed E-state index contributed by atoms with van der Waals surface area (Å²) in [7, 11) is 0. The molecule has 0 spiro atoms. The van der Waals surface area contributed by atoms with Gasteiger partial charge >= 0.3 is 0 Å². The van der Waals surface area contributed by atoms with Crippen molar-refractivity contribution in [2.75, 3.05) is 25.6 Å². The Morgan fingerprint density at radius 3 is 2.50 bits per heavy atom. The monoisotopic (exact) mass is 253 g/mol. The Morgan fingerprint density at radius 2 is 1.89 bits per heavy atom. The molecule has 0 radical (unpaired) electrons. The maximum absolute atomic E-state index is 5.70. The van der Waals surface area contributed by atoms with E-state index in [4.69, 9.17) is 15.2 Å². The third kappa shape index (κ3) is 5.31. The van der Waals surface area contributed by atoms with Crippen molar-refractivity contribution in [2.24, 2.45) is 5.92 Å². The minimum absolute atomic E-state index is 0.230. The van der Waals surface area contributed by atoms with E-state index >= 15 is 0 Å². The first-order valence-electron chi connectivity index (χ1n) is 6.34. The van der Waals surface area contributed by atoms with Crippen LogP contribution in [0.4, 0.5) is 5.82 Å². The van der Waals surface area contributed by atoms with E-state index in [0.717, 1.165) is 6.61 Å². The molecule has 2 N–H and O–H groups in total. The predicted octanol–water partition coefficient (Wildman–Crippen LogP) is 2.23. The highest BCUT2D eigenvalue weighted by atomic mass is 16.5. The van der Waals surface area contributed by atoms with Crippen molar-refractivity contribution < 1.29 is 9.47 Å². The van der Waals surface area contributed by atoms with Crippen molar-refractivity contribution in [1.29, 1.82) is 0 Å². The van der Waals surface area contributed by atoms with Gasteiger partial charge in [-0.1, -0.05) is 27.7 Å². The van der Waals surface area contributed by atoms with Crippen LogP contribution in [0.25, 0.3) is 0 Å². The van der Waals surface area contributed by atoms with Crippen LogP contribution >= 0.6 is 0 Å². The lowest BCUT2D eigenvalue weighted by molar-refractivity contribution is 0.0805. The summed E-state index contributed by atoms with van der Waals surface area (Å²) in [6.07, 6.45) is 0. The number of rotatable bonds is 7. The van der Waals surface area contributed by atoms with Gasteiger partial charge in [0.15, 0.2) is 0 Å². The van der Waals surface area contributed by atoms with Crippen LogP contribution in [0.3, 0.4) is 0 Å². The van der Waals surface area contributed by atoms with E-state index in [1.807, 2.05) is 13.8 Å². The zero-order valence-corrected chi connectivity index (χ0v) is 11.6. The van der Waals surface area contributed by atoms with E-state index in [9.17, 15) is 0 Å². The smallest absolute Gasteiger partial charge is 0.218 e. The molecule has 0 atom stereocenters. The van der Waals surface area contributed by atoms with E-state index in [2.05, 4.69) is 23.8 Å². The summed E-state index contributed by atoms with van der Waals surface area (Å²) in [6, 6.07) is 1.63. The lowest BCUT2D eigenvalue weighted by Gasteiger charge is -2.10. The maximum atomic E-state index is 5.70. The van der Waals surface area contributed by atoms with Crippen LogP contribution in [0, 0.1) is 5.92 Å².